The van der Waals surface area contributed by atoms with Crippen molar-refractivity contribution in [2.45, 2.75) is 6.42 Å². The van der Waals surface area contributed by atoms with Gasteiger partial charge in [-0.25, -0.2) is 9.59 Å². The van der Waals surface area contributed by atoms with Crippen LogP contribution in [0.2, 0.25) is 0 Å². The number of carboxylic acids is 2. The lowest BCUT2D eigenvalue weighted by Gasteiger charge is -2.05. The van der Waals surface area contributed by atoms with E-state index in [1.54, 1.807) is 37.4 Å². The van der Waals surface area contributed by atoms with E-state index in [9.17, 15) is 19.5 Å². The molecule has 0 bridgehead atoms. The lowest BCUT2D eigenvalue weighted by atomic mass is 10.2. The van der Waals surface area contributed by atoms with Crippen LogP contribution in [0.3, 0.4) is 0 Å². The summed E-state index contributed by atoms with van der Waals surface area (Å²) >= 11 is 1.03. The zero-order valence-electron chi connectivity index (χ0n) is 13.2. The number of aliphatic carboxylic acids is 1. The maximum atomic E-state index is 11.8. The highest BCUT2D eigenvalue weighted by Gasteiger charge is 2.18. The van der Waals surface area contributed by atoms with Gasteiger partial charge in [-0.1, -0.05) is 0 Å². The Bertz CT molecular complexity index is 784. The van der Waals surface area contributed by atoms with Crippen molar-refractivity contribution in [3.8, 4) is 16.2 Å². The zero-order chi connectivity index (χ0) is 18.4. The number of benzene rings is 1. The molecule has 1 heterocycles. The van der Waals surface area contributed by atoms with Crippen LogP contribution in [0.15, 0.2) is 30.3 Å². The summed E-state index contributed by atoms with van der Waals surface area (Å²) in [7, 11) is 1.55. The van der Waals surface area contributed by atoms with Crippen molar-refractivity contribution in [1.82, 2.24) is 5.32 Å². The SMILES string of the molecule is COc1ccc(-c2cc(NC(=O)NCCC(=O)O)c(C(=O)O)s2)cc1. The molecule has 8 nitrogen and oxygen atoms in total. The summed E-state index contributed by atoms with van der Waals surface area (Å²) in [5.41, 5.74) is 0.934. The van der Waals surface area contributed by atoms with Crippen LogP contribution in [0.25, 0.3) is 10.4 Å². The Morgan fingerprint density at radius 3 is 2.40 bits per heavy atom. The molecule has 2 amide bonds. The van der Waals surface area contributed by atoms with Gasteiger partial charge in [0.1, 0.15) is 10.6 Å². The quantitative estimate of drug-likeness (QED) is 0.599. The van der Waals surface area contributed by atoms with E-state index >= 15 is 0 Å². The van der Waals surface area contributed by atoms with Gasteiger partial charge in [-0.2, -0.15) is 0 Å². The smallest absolute Gasteiger partial charge is 0.348 e. The van der Waals surface area contributed by atoms with Crippen LogP contribution in [-0.4, -0.2) is 41.8 Å². The van der Waals surface area contributed by atoms with E-state index in [0.29, 0.717) is 10.6 Å². The first-order valence-electron chi connectivity index (χ1n) is 7.19. The third-order valence-electron chi connectivity index (χ3n) is 3.17. The van der Waals surface area contributed by atoms with Crippen LogP contribution >= 0.6 is 11.3 Å². The summed E-state index contributed by atoms with van der Waals surface area (Å²) in [6.45, 7) is -0.0565. The molecule has 0 fully saturated rings. The monoisotopic (exact) mass is 364 g/mol. The van der Waals surface area contributed by atoms with E-state index in [1.807, 2.05) is 0 Å². The Morgan fingerprint density at radius 2 is 1.84 bits per heavy atom. The summed E-state index contributed by atoms with van der Waals surface area (Å²) in [5.74, 6) is -1.52. The molecular weight excluding hydrogens is 348 g/mol. The number of hydrogen-bond donors (Lipinski definition) is 4. The van der Waals surface area contributed by atoms with Gasteiger partial charge in [0.05, 0.1) is 19.2 Å². The highest BCUT2D eigenvalue weighted by molar-refractivity contribution is 7.18. The van der Waals surface area contributed by atoms with Crippen molar-refractivity contribution in [3.63, 3.8) is 0 Å². The Hall–Kier alpha value is -3.07. The number of amides is 2. The van der Waals surface area contributed by atoms with Crippen molar-refractivity contribution in [1.29, 1.82) is 0 Å². The number of carboxylic acid groups (broad SMARTS) is 2. The van der Waals surface area contributed by atoms with Gasteiger partial charge in [0, 0.05) is 11.4 Å². The van der Waals surface area contributed by atoms with Crippen LogP contribution in [0, 0.1) is 0 Å². The van der Waals surface area contributed by atoms with E-state index in [4.69, 9.17) is 9.84 Å². The Labute approximate surface area is 147 Å². The number of ether oxygens (including phenoxy) is 1. The maximum Gasteiger partial charge on any atom is 0.348 e. The van der Waals surface area contributed by atoms with E-state index in [2.05, 4.69) is 10.6 Å². The van der Waals surface area contributed by atoms with Crippen molar-refractivity contribution in [2.75, 3.05) is 19.0 Å². The second-order valence-electron chi connectivity index (χ2n) is 4.91. The molecule has 9 heteroatoms. The van der Waals surface area contributed by atoms with Crippen molar-refractivity contribution in [2.24, 2.45) is 0 Å². The molecule has 0 aliphatic heterocycles. The first-order chi connectivity index (χ1) is 11.9. The van der Waals surface area contributed by atoms with Crippen molar-refractivity contribution < 1.29 is 29.3 Å². The van der Waals surface area contributed by atoms with Gasteiger partial charge in [0.15, 0.2) is 0 Å². The van der Waals surface area contributed by atoms with Gasteiger partial charge >= 0.3 is 18.0 Å². The standard InChI is InChI=1S/C16H16N2O6S/c1-24-10-4-2-9(3-5-10)12-8-11(14(25-12)15(21)22)18-16(23)17-7-6-13(19)20/h2-5,8H,6-7H2,1H3,(H,19,20)(H,21,22)(H2,17,18,23). The fraction of sp³-hybridized carbons (Fsp3) is 0.188. The topological polar surface area (TPSA) is 125 Å². The van der Waals surface area contributed by atoms with E-state index < -0.39 is 18.0 Å². The van der Waals surface area contributed by atoms with Gasteiger partial charge in [-0.15, -0.1) is 11.3 Å². The molecule has 132 valence electrons. The number of hydrogen-bond acceptors (Lipinski definition) is 5. The van der Waals surface area contributed by atoms with Crippen LogP contribution in [0.5, 0.6) is 5.75 Å². The highest BCUT2D eigenvalue weighted by Crippen LogP contribution is 2.35. The van der Waals surface area contributed by atoms with Crippen LogP contribution in [0.1, 0.15) is 16.1 Å². The normalized spacial score (nSPS) is 10.1. The summed E-state index contributed by atoms with van der Waals surface area (Å²) in [6, 6.07) is 7.97. The summed E-state index contributed by atoms with van der Waals surface area (Å²) in [4.78, 5) is 34.3. The van der Waals surface area contributed by atoms with E-state index in [-0.39, 0.29) is 23.5 Å². The molecule has 0 saturated carbocycles. The van der Waals surface area contributed by atoms with Crippen LogP contribution < -0.4 is 15.4 Å². The van der Waals surface area contributed by atoms with Gasteiger partial charge in [-0.05, 0) is 35.9 Å². The Balaban J connectivity index is 2.17. The molecule has 0 atom stereocenters. The molecule has 25 heavy (non-hydrogen) atoms. The number of anilines is 1. The van der Waals surface area contributed by atoms with Gasteiger partial charge < -0.3 is 25.6 Å². The zero-order valence-corrected chi connectivity index (χ0v) is 14.1. The van der Waals surface area contributed by atoms with Gasteiger partial charge in [0.2, 0.25) is 0 Å². The second-order valence-corrected chi connectivity index (χ2v) is 5.96. The minimum absolute atomic E-state index is 0.0146. The van der Waals surface area contributed by atoms with Gasteiger partial charge in [-0.3, -0.25) is 4.79 Å². The molecule has 0 saturated heterocycles. The van der Waals surface area contributed by atoms with E-state index in [0.717, 1.165) is 16.9 Å². The molecule has 0 spiro atoms. The third kappa shape index (κ3) is 4.95. The number of carbonyl (C=O) groups excluding carboxylic acids is 1. The average molecular weight is 364 g/mol. The largest absolute Gasteiger partial charge is 0.497 e. The molecule has 0 aliphatic carbocycles. The number of methoxy groups -OCH3 is 1. The third-order valence-corrected chi connectivity index (χ3v) is 4.35. The number of urea groups is 1. The molecule has 0 aliphatic rings. The molecule has 2 rings (SSSR count). The Morgan fingerprint density at radius 1 is 1.16 bits per heavy atom. The second kappa shape index (κ2) is 8.15. The first-order valence-corrected chi connectivity index (χ1v) is 8.00. The lowest BCUT2D eigenvalue weighted by Crippen LogP contribution is -2.30. The van der Waals surface area contributed by atoms with Crippen molar-refractivity contribution in [3.05, 3.63) is 35.2 Å². The number of nitrogens with one attached hydrogen (secondary N) is 2. The summed E-state index contributed by atoms with van der Waals surface area (Å²) in [6.07, 6.45) is -0.222. The molecule has 4 N–H and O–H groups in total. The molecule has 0 unspecified atom stereocenters. The highest BCUT2D eigenvalue weighted by atomic mass is 32.1. The van der Waals surface area contributed by atoms with Crippen LogP contribution in [0.4, 0.5) is 10.5 Å². The fourth-order valence-corrected chi connectivity index (χ4v) is 2.95. The molecule has 1 aromatic carbocycles. The number of thiophene rings is 1. The molecule has 2 aromatic rings. The number of carbonyl (C=O) groups is 3. The van der Waals surface area contributed by atoms with Crippen LogP contribution in [-0.2, 0) is 4.79 Å². The lowest BCUT2D eigenvalue weighted by molar-refractivity contribution is -0.136. The Kier molecular flexibility index (Phi) is 5.96. The van der Waals surface area contributed by atoms with Gasteiger partial charge in [0.25, 0.3) is 0 Å². The minimum atomic E-state index is -1.16. The molecule has 0 radical (unpaired) electrons. The fourth-order valence-electron chi connectivity index (χ4n) is 1.99. The minimum Gasteiger partial charge on any atom is -0.497 e. The first kappa shape index (κ1) is 18.3. The number of aromatic carboxylic acids is 1. The predicted molar refractivity (Wildman–Crippen MR) is 92.5 cm³/mol. The predicted octanol–water partition coefficient (Wildman–Crippen LogP) is 2.72. The maximum absolute atomic E-state index is 11.8. The molecule has 1 aromatic heterocycles. The summed E-state index contributed by atoms with van der Waals surface area (Å²) in [5, 5.41) is 22.7. The average Bonchev–Trinajstić information content (AvgIpc) is 2.98. The number of rotatable bonds is 7. The van der Waals surface area contributed by atoms with E-state index in [1.165, 1.54) is 0 Å². The van der Waals surface area contributed by atoms with Crippen molar-refractivity contribution >= 4 is 35.0 Å². The molecular formula is C16H16N2O6S. The summed E-state index contributed by atoms with van der Waals surface area (Å²) < 4.78 is 5.08.